The summed E-state index contributed by atoms with van der Waals surface area (Å²) >= 11 is 0. The van der Waals surface area contributed by atoms with Gasteiger partial charge >= 0.3 is 0 Å². The number of hydrogen-bond donors (Lipinski definition) is 1. The number of halogens is 1. The van der Waals surface area contributed by atoms with Gasteiger partial charge in [-0.05, 0) is 30.7 Å². The van der Waals surface area contributed by atoms with Crippen LogP contribution in [0.15, 0.2) is 54.7 Å². The Morgan fingerprint density at radius 3 is 2.73 bits per heavy atom. The van der Waals surface area contributed by atoms with E-state index in [1.165, 1.54) is 35.1 Å². The molecule has 0 aliphatic heterocycles. The van der Waals surface area contributed by atoms with Crippen molar-refractivity contribution in [2.75, 3.05) is 5.32 Å². The largest absolute Gasteiger partial charge is 0.320 e. The molecule has 0 unspecified atom stereocenters. The van der Waals surface area contributed by atoms with Gasteiger partial charge in [0.1, 0.15) is 11.5 Å². The van der Waals surface area contributed by atoms with Crippen molar-refractivity contribution in [2.24, 2.45) is 0 Å². The minimum Gasteiger partial charge on any atom is -0.320 e. The summed E-state index contributed by atoms with van der Waals surface area (Å²) in [5.74, 6) is -1.01. The third-order valence-corrected chi connectivity index (χ3v) is 3.84. The Morgan fingerprint density at radius 2 is 2.04 bits per heavy atom. The third kappa shape index (κ3) is 3.44. The summed E-state index contributed by atoms with van der Waals surface area (Å²) in [4.78, 5) is 23.0. The molecule has 0 aliphatic rings. The fraction of sp³-hybridized carbons (Fsp3) is 0.111. The standard InChI is InChI=1S/C18H15FN4O3/c1-2-12-7-8-13(11-17(12)23(25)26)20-18(24)15-9-10-22(21-15)16-6-4-3-5-14(16)19/h3-11H,2H2,1H3,(H,20,24). The molecule has 0 atom stereocenters. The van der Waals surface area contributed by atoms with Gasteiger partial charge in [-0.15, -0.1) is 0 Å². The van der Waals surface area contributed by atoms with Crippen LogP contribution in [0.1, 0.15) is 23.0 Å². The zero-order valence-corrected chi connectivity index (χ0v) is 13.8. The van der Waals surface area contributed by atoms with Crippen LogP contribution in [0.4, 0.5) is 15.8 Å². The summed E-state index contributed by atoms with van der Waals surface area (Å²) in [6, 6.07) is 12.0. The fourth-order valence-corrected chi connectivity index (χ4v) is 2.52. The average Bonchev–Trinajstić information content (AvgIpc) is 3.12. The maximum atomic E-state index is 13.8. The Hall–Kier alpha value is -3.55. The van der Waals surface area contributed by atoms with Crippen LogP contribution in [0.3, 0.4) is 0 Å². The summed E-state index contributed by atoms with van der Waals surface area (Å²) in [6.45, 7) is 1.82. The predicted octanol–water partition coefficient (Wildman–Crippen LogP) is 3.73. The van der Waals surface area contributed by atoms with E-state index in [0.29, 0.717) is 17.7 Å². The molecule has 1 amide bonds. The van der Waals surface area contributed by atoms with Crippen LogP contribution in [-0.4, -0.2) is 20.6 Å². The third-order valence-electron chi connectivity index (χ3n) is 3.84. The molecule has 1 heterocycles. The maximum absolute atomic E-state index is 13.8. The molecule has 1 N–H and O–H groups in total. The Kier molecular flexibility index (Phi) is 4.74. The van der Waals surface area contributed by atoms with Crippen molar-refractivity contribution in [1.29, 1.82) is 0 Å². The van der Waals surface area contributed by atoms with Crippen molar-refractivity contribution >= 4 is 17.3 Å². The van der Waals surface area contributed by atoms with Crippen LogP contribution in [0.5, 0.6) is 0 Å². The molecule has 0 aliphatic carbocycles. The van der Waals surface area contributed by atoms with Crippen molar-refractivity contribution in [3.63, 3.8) is 0 Å². The Balaban J connectivity index is 1.82. The quantitative estimate of drug-likeness (QED) is 0.558. The highest BCUT2D eigenvalue weighted by Crippen LogP contribution is 2.24. The molecule has 0 spiro atoms. The lowest BCUT2D eigenvalue weighted by molar-refractivity contribution is -0.385. The van der Waals surface area contributed by atoms with E-state index in [1.54, 1.807) is 24.3 Å². The van der Waals surface area contributed by atoms with Crippen molar-refractivity contribution in [1.82, 2.24) is 9.78 Å². The van der Waals surface area contributed by atoms with Crippen LogP contribution in [0.25, 0.3) is 5.69 Å². The summed E-state index contributed by atoms with van der Waals surface area (Å²) in [7, 11) is 0. The molecular weight excluding hydrogens is 339 g/mol. The second-order valence-corrected chi connectivity index (χ2v) is 5.51. The van der Waals surface area contributed by atoms with E-state index >= 15 is 0 Å². The van der Waals surface area contributed by atoms with E-state index in [1.807, 2.05) is 6.92 Å². The SMILES string of the molecule is CCc1ccc(NC(=O)c2ccn(-c3ccccc3F)n2)cc1[N+](=O)[O-]. The first-order valence-corrected chi connectivity index (χ1v) is 7.89. The van der Waals surface area contributed by atoms with Crippen LogP contribution >= 0.6 is 0 Å². The molecule has 3 rings (SSSR count). The van der Waals surface area contributed by atoms with Gasteiger partial charge in [0.25, 0.3) is 11.6 Å². The van der Waals surface area contributed by atoms with Crippen molar-refractivity contribution in [3.8, 4) is 5.69 Å². The number of benzene rings is 2. The maximum Gasteiger partial charge on any atom is 0.276 e. The van der Waals surface area contributed by atoms with Crippen LogP contribution < -0.4 is 5.32 Å². The highest BCUT2D eigenvalue weighted by atomic mass is 19.1. The predicted molar refractivity (Wildman–Crippen MR) is 93.9 cm³/mol. The van der Waals surface area contributed by atoms with Gasteiger partial charge < -0.3 is 5.32 Å². The molecule has 1 aromatic heterocycles. The molecule has 0 fully saturated rings. The number of amides is 1. The lowest BCUT2D eigenvalue weighted by Gasteiger charge is -2.06. The summed E-state index contributed by atoms with van der Waals surface area (Å²) in [5.41, 5.74) is 1.10. The molecule has 2 aromatic carbocycles. The zero-order chi connectivity index (χ0) is 18.7. The number of nitro groups is 1. The number of nitro benzene ring substituents is 1. The molecule has 26 heavy (non-hydrogen) atoms. The number of rotatable bonds is 5. The van der Waals surface area contributed by atoms with E-state index in [2.05, 4.69) is 10.4 Å². The molecule has 7 nitrogen and oxygen atoms in total. The smallest absolute Gasteiger partial charge is 0.276 e. The van der Waals surface area contributed by atoms with Crippen molar-refractivity contribution in [3.05, 3.63) is 81.9 Å². The molecule has 0 saturated carbocycles. The number of hydrogen-bond acceptors (Lipinski definition) is 4. The first-order chi connectivity index (χ1) is 12.5. The fourth-order valence-electron chi connectivity index (χ4n) is 2.52. The number of nitrogens with one attached hydrogen (secondary N) is 1. The molecule has 0 bridgehead atoms. The lowest BCUT2D eigenvalue weighted by Crippen LogP contribution is -2.13. The number of para-hydroxylation sites is 1. The zero-order valence-electron chi connectivity index (χ0n) is 13.8. The Bertz CT molecular complexity index is 984. The molecule has 0 radical (unpaired) electrons. The van der Waals surface area contributed by atoms with Gasteiger partial charge in [0, 0.05) is 23.5 Å². The van der Waals surface area contributed by atoms with Crippen molar-refractivity contribution < 1.29 is 14.1 Å². The van der Waals surface area contributed by atoms with Gasteiger partial charge in [-0.3, -0.25) is 14.9 Å². The normalized spacial score (nSPS) is 10.5. The molecule has 0 saturated heterocycles. The lowest BCUT2D eigenvalue weighted by atomic mass is 10.1. The van der Waals surface area contributed by atoms with Gasteiger partial charge in [0.15, 0.2) is 5.69 Å². The van der Waals surface area contributed by atoms with E-state index in [4.69, 9.17) is 0 Å². The van der Waals surface area contributed by atoms with Gasteiger partial charge in [-0.2, -0.15) is 5.10 Å². The highest BCUT2D eigenvalue weighted by Gasteiger charge is 2.16. The van der Waals surface area contributed by atoms with Gasteiger partial charge in [-0.1, -0.05) is 25.1 Å². The van der Waals surface area contributed by atoms with Crippen LogP contribution in [0, 0.1) is 15.9 Å². The summed E-state index contributed by atoms with van der Waals surface area (Å²) in [6.07, 6.45) is 1.98. The minimum atomic E-state index is -0.543. The monoisotopic (exact) mass is 354 g/mol. The molecule has 132 valence electrons. The highest BCUT2D eigenvalue weighted by molar-refractivity contribution is 6.03. The van der Waals surface area contributed by atoms with Crippen molar-refractivity contribution in [2.45, 2.75) is 13.3 Å². The molecule has 3 aromatic rings. The number of aromatic nitrogens is 2. The average molecular weight is 354 g/mol. The number of aryl methyl sites for hydroxylation is 1. The molecule has 8 heteroatoms. The van der Waals surface area contributed by atoms with E-state index in [-0.39, 0.29) is 17.1 Å². The van der Waals surface area contributed by atoms with Gasteiger partial charge in [0.05, 0.1) is 4.92 Å². The number of nitrogens with zero attached hydrogens (tertiary/aromatic N) is 3. The van der Waals surface area contributed by atoms with E-state index in [9.17, 15) is 19.3 Å². The van der Waals surface area contributed by atoms with Crippen LogP contribution in [0.2, 0.25) is 0 Å². The second-order valence-electron chi connectivity index (χ2n) is 5.51. The summed E-state index contributed by atoms with van der Waals surface area (Å²) < 4.78 is 15.1. The Labute approximate surface area is 148 Å². The second kappa shape index (κ2) is 7.14. The number of anilines is 1. The number of carbonyl (C=O) groups is 1. The van der Waals surface area contributed by atoms with E-state index in [0.717, 1.165) is 0 Å². The Morgan fingerprint density at radius 1 is 1.27 bits per heavy atom. The first kappa shape index (κ1) is 17.3. The first-order valence-electron chi connectivity index (χ1n) is 7.89. The van der Waals surface area contributed by atoms with Crippen LogP contribution in [-0.2, 0) is 6.42 Å². The van der Waals surface area contributed by atoms with Gasteiger partial charge in [0.2, 0.25) is 0 Å². The topological polar surface area (TPSA) is 90.1 Å². The minimum absolute atomic E-state index is 0.0535. The van der Waals surface area contributed by atoms with Gasteiger partial charge in [-0.25, -0.2) is 9.07 Å². The van der Waals surface area contributed by atoms with E-state index < -0.39 is 16.6 Å². The summed E-state index contributed by atoms with van der Waals surface area (Å²) in [5, 5.41) is 17.8. The number of carbonyl (C=O) groups excluding carboxylic acids is 1. The molecular formula is C18H15FN4O3.